The minimum atomic E-state index is -0.306. The van der Waals surface area contributed by atoms with Gasteiger partial charge in [-0.3, -0.25) is 4.79 Å². The zero-order valence-corrected chi connectivity index (χ0v) is 11.8. The van der Waals surface area contributed by atoms with Crippen LogP contribution in [0.1, 0.15) is 61.4 Å². The Morgan fingerprint density at radius 3 is 2.58 bits per heavy atom. The smallest absolute Gasteiger partial charge is 0.166 e. The highest BCUT2D eigenvalue weighted by Gasteiger charge is 2.43. The molecule has 4 nitrogen and oxygen atoms in total. The summed E-state index contributed by atoms with van der Waals surface area (Å²) in [6.07, 6.45) is 6.22. The molecule has 0 atom stereocenters. The Hall–Kier alpha value is -1.29. The first-order valence-electron chi connectivity index (χ1n) is 6.91. The average molecular weight is 260 g/mol. The zero-order valence-electron chi connectivity index (χ0n) is 11.8. The highest BCUT2D eigenvalue weighted by molar-refractivity contribution is 5.98. The van der Waals surface area contributed by atoms with Crippen molar-refractivity contribution >= 4 is 5.78 Å². The maximum atomic E-state index is 12.1. The van der Waals surface area contributed by atoms with E-state index in [-0.39, 0.29) is 16.8 Å². The lowest BCUT2D eigenvalue weighted by atomic mass is 9.75. The first kappa shape index (κ1) is 12.7. The molecule has 1 heterocycles. The van der Waals surface area contributed by atoms with Gasteiger partial charge in [-0.05, 0) is 31.1 Å². The third kappa shape index (κ3) is 1.98. The molecule has 4 heteroatoms. The van der Waals surface area contributed by atoms with E-state index in [0.29, 0.717) is 12.0 Å². The molecule has 2 aliphatic rings. The summed E-state index contributed by atoms with van der Waals surface area (Å²) in [5.74, 6) is 0.920. The quantitative estimate of drug-likeness (QED) is 0.820. The van der Waals surface area contributed by atoms with E-state index in [2.05, 4.69) is 23.8 Å². The molecule has 0 aliphatic heterocycles. The van der Waals surface area contributed by atoms with Gasteiger partial charge in [0.2, 0.25) is 0 Å². The number of carbonyl (C=O) groups is 1. The molecular weight excluding hydrogens is 240 g/mol. The number of fused-ring (bicyclic) bond motifs is 1. The largest absolute Gasteiger partial charge is 0.370 e. The van der Waals surface area contributed by atoms with E-state index in [1.807, 2.05) is 0 Å². The summed E-state index contributed by atoms with van der Waals surface area (Å²) in [6, 6.07) is 0. The van der Waals surface area contributed by atoms with Gasteiger partial charge >= 0.3 is 0 Å². The molecule has 1 aromatic rings. The predicted octanol–water partition coefficient (Wildman–Crippen LogP) is 2.66. The van der Waals surface area contributed by atoms with Crippen molar-refractivity contribution in [3.8, 4) is 0 Å². The standard InChI is InChI=1S/C15H20N2O2/c1-14(2)7-11-10(12(18)8-14)9-16-13(17-11)15(19-3)5-4-6-15/h9H,4-8H2,1-3H3. The second-order valence-electron chi connectivity index (χ2n) is 6.55. The van der Waals surface area contributed by atoms with Gasteiger partial charge in [0, 0.05) is 19.7 Å². The number of aromatic nitrogens is 2. The van der Waals surface area contributed by atoms with Gasteiger partial charge in [-0.2, -0.15) is 0 Å². The van der Waals surface area contributed by atoms with Crippen LogP contribution in [0.15, 0.2) is 6.20 Å². The normalized spacial score (nSPS) is 23.6. The van der Waals surface area contributed by atoms with Crippen molar-refractivity contribution in [2.45, 2.75) is 51.6 Å². The van der Waals surface area contributed by atoms with Crippen LogP contribution in [0.4, 0.5) is 0 Å². The summed E-state index contributed by atoms with van der Waals surface area (Å²) < 4.78 is 5.62. The second-order valence-corrected chi connectivity index (χ2v) is 6.55. The lowest BCUT2D eigenvalue weighted by molar-refractivity contribution is -0.0848. The molecule has 1 fully saturated rings. The summed E-state index contributed by atoms with van der Waals surface area (Å²) >= 11 is 0. The highest BCUT2D eigenvalue weighted by Crippen LogP contribution is 2.43. The van der Waals surface area contributed by atoms with Crippen LogP contribution in [0.5, 0.6) is 0 Å². The summed E-state index contributed by atoms with van der Waals surface area (Å²) in [7, 11) is 1.72. The van der Waals surface area contributed by atoms with Crippen LogP contribution in [0, 0.1) is 5.41 Å². The van der Waals surface area contributed by atoms with Crippen molar-refractivity contribution in [2.24, 2.45) is 5.41 Å². The number of hydrogen-bond acceptors (Lipinski definition) is 4. The second kappa shape index (κ2) is 4.10. The van der Waals surface area contributed by atoms with Crippen molar-refractivity contribution in [3.63, 3.8) is 0 Å². The van der Waals surface area contributed by atoms with Gasteiger partial charge in [-0.15, -0.1) is 0 Å². The van der Waals surface area contributed by atoms with Gasteiger partial charge in [0.1, 0.15) is 5.60 Å². The number of nitrogens with zero attached hydrogens (tertiary/aromatic N) is 2. The molecule has 0 bridgehead atoms. The Morgan fingerprint density at radius 1 is 1.26 bits per heavy atom. The number of rotatable bonds is 2. The van der Waals surface area contributed by atoms with E-state index in [1.54, 1.807) is 13.3 Å². The van der Waals surface area contributed by atoms with Crippen molar-refractivity contribution < 1.29 is 9.53 Å². The third-order valence-corrected chi connectivity index (χ3v) is 4.41. The zero-order chi connectivity index (χ0) is 13.7. The average Bonchev–Trinajstić information content (AvgIpc) is 2.26. The number of Topliss-reactive ketones (excluding diaryl/α,β-unsaturated/α-hetero) is 1. The van der Waals surface area contributed by atoms with Crippen molar-refractivity contribution in [1.29, 1.82) is 0 Å². The Kier molecular flexibility index (Phi) is 2.75. The van der Waals surface area contributed by atoms with Gasteiger partial charge < -0.3 is 4.74 Å². The Balaban J connectivity index is 2.02. The molecule has 1 saturated carbocycles. The first-order valence-corrected chi connectivity index (χ1v) is 6.91. The topological polar surface area (TPSA) is 52.1 Å². The molecule has 0 radical (unpaired) electrons. The van der Waals surface area contributed by atoms with Gasteiger partial charge in [0.15, 0.2) is 11.6 Å². The van der Waals surface area contributed by atoms with Gasteiger partial charge in [-0.1, -0.05) is 13.8 Å². The van der Waals surface area contributed by atoms with E-state index in [0.717, 1.165) is 37.2 Å². The third-order valence-electron chi connectivity index (χ3n) is 4.41. The van der Waals surface area contributed by atoms with Crippen molar-refractivity contribution in [1.82, 2.24) is 9.97 Å². The summed E-state index contributed by atoms with van der Waals surface area (Å²) in [5, 5.41) is 0. The Labute approximate surface area is 113 Å². The first-order chi connectivity index (χ1) is 8.96. The van der Waals surface area contributed by atoms with E-state index >= 15 is 0 Å². The van der Waals surface area contributed by atoms with Crippen LogP contribution >= 0.6 is 0 Å². The fraction of sp³-hybridized carbons (Fsp3) is 0.667. The fourth-order valence-corrected chi connectivity index (χ4v) is 3.07. The summed E-state index contributed by atoms with van der Waals surface area (Å²) in [4.78, 5) is 21.2. The van der Waals surface area contributed by atoms with Crippen molar-refractivity contribution in [2.75, 3.05) is 7.11 Å². The van der Waals surface area contributed by atoms with Gasteiger partial charge in [0.25, 0.3) is 0 Å². The molecule has 0 N–H and O–H groups in total. The molecule has 0 unspecified atom stereocenters. The van der Waals surface area contributed by atoms with Crippen LogP contribution in [-0.2, 0) is 16.8 Å². The Morgan fingerprint density at radius 2 is 2.00 bits per heavy atom. The maximum absolute atomic E-state index is 12.1. The molecule has 0 aromatic carbocycles. The van der Waals surface area contributed by atoms with Crippen LogP contribution < -0.4 is 0 Å². The van der Waals surface area contributed by atoms with Gasteiger partial charge in [0.05, 0.1) is 11.3 Å². The molecule has 19 heavy (non-hydrogen) atoms. The van der Waals surface area contributed by atoms with E-state index < -0.39 is 0 Å². The predicted molar refractivity (Wildman–Crippen MR) is 71.0 cm³/mol. The number of methoxy groups -OCH3 is 1. The highest BCUT2D eigenvalue weighted by atomic mass is 16.5. The van der Waals surface area contributed by atoms with E-state index in [4.69, 9.17) is 4.74 Å². The minimum Gasteiger partial charge on any atom is -0.370 e. The minimum absolute atomic E-state index is 0.00441. The van der Waals surface area contributed by atoms with E-state index in [9.17, 15) is 4.79 Å². The Bertz CT molecular complexity index is 527. The molecular formula is C15H20N2O2. The summed E-state index contributed by atoms with van der Waals surface area (Å²) in [6.45, 7) is 4.23. The number of carbonyl (C=O) groups excluding carboxylic acids is 1. The molecule has 0 spiro atoms. The lowest BCUT2D eigenvalue weighted by Gasteiger charge is -2.39. The van der Waals surface area contributed by atoms with E-state index in [1.165, 1.54) is 0 Å². The molecule has 1 aromatic heterocycles. The van der Waals surface area contributed by atoms with Crippen molar-refractivity contribution in [3.05, 3.63) is 23.3 Å². The molecule has 102 valence electrons. The number of ether oxygens (including phenoxy) is 1. The molecule has 0 amide bonds. The van der Waals surface area contributed by atoms with Crippen LogP contribution in [0.3, 0.4) is 0 Å². The van der Waals surface area contributed by atoms with Crippen LogP contribution in [0.25, 0.3) is 0 Å². The molecule has 2 aliphatic carbocycles. The van der Waals surface area contributed by atoms with Crippen LogP contribution in [0.2, 0.25) is 0 Å². The fourth-order valence-electron chi connectivity index (χ4n) is 3.07. The SMILES string of the molecule is COC1(c2ncc3c(n2)CC(C)(C)CC3=O)CCC1. The van der Waals surface area contributed by atoms with Crippen LogP contribution in [-0.4, -0.2) is 22.9 Å². The maximum Gasteiger partial charge on any atom is 0.166 e. The number of ketones is 1. The molecule has 0 saturated heterocycles. The monoisotopic (exact) mass is 260 g/mol. The lowest BCUT2D eigenvalue weighted by Crippen LogP contribution is -2.39. The van der Waals surface area contributed by atoms with Gasteiger partial charge in [-0.25, -0.2) is 9.97 Å². The molecule has 3 rings (SSSR count). The summed E-state index contributed by atoms with van der Waals surface area (Å²) in [5.41, 5.74) is 1.29. The number of hydrogen-bond donors (Lipinski definition) is 0.